The maximum atomic E-state index is 12.5. The molecular formula is C21H20N6O4. The number of nitrogens with zero attached hydrogens (tertiary/aromatic N) is 4. The number of aromatic nitrogens is 4. The average molecular weight is 420 g/mol. The van der Waals surface area contributed by atoms with Gasteiger partial charge in [0.2, 0.25) is 0 Å². The zero-order chi connectivity index (χ0) is 21.8. The number of hydrogen-bond donors (Lipinski definition) is 2. The summed E-state index contributed by atoms with van der Waals surface area (Å²) >= 11 is 0. The molecule has 1 aromatic carbocycles. The zero-order valence-electron chi connectivity index (χ0n) is 17.0. The number of hydrogen-bond acceptors (Lipinski definition) is 8. The van der Waals surface area contributed by atoms with Crippen molar-refractivity contribution in [2.75, 3.05) is 25.5 Å². The third-order valence-electron chi connectivity index (χ3n) is 4.47. The Morgan fingerprint density at radius 3 is 2.84 bits per heavy atom. The van der Waals surface area contributed by atoms with Gasteiger partial charge in [0, 0.05) is 36.9 Å². The molecule has 0 aliphatic carbocycles. The SMILES string of the molecule is COc1cccc2cc(C(=O)NCCNc3cc(-n4cccn4)nc(C)n3)c(=O)oc12. The minimum Gasteiger partial charge on any atom is -0.493 e. The summed E-state index contributed by atoms with van der Waals surface area (Å²) in [6.07, 6.45) is 3.45. The second kappa shape index (κ2) is 8.66. The van der Waals surface area contributed by atoms with Crippen LogP contribution in [-0.4, -0.2) is 45.9 Å². The predicted molar refractivity (Wildman–Crippen MR) is 114 cm³/mol. The van der Waals surface area contributed by atoms with Gasteiger partial charge in [-0.2, -0.15) is 5.10 Å². The van der Waals surface area contributed by atoms with Crippen molar-refractivity contribution in [1.29, 1.82) is 0 Å². The maximum Gasteiger partial charge on any atom is 0.349 e. The first-order valence-electron chi connectivity index (χ1n) is 9.54. The molecule has 0 radical (unpaired) electrons. The highest BCUT2D eigenvalue weighted by molar-refractivity contribution is 5.97. The lowest BCUT2D eigenvalue weighted by atomic mass is 10.1. The quantitative estimate of drug-likeness (QED) is 0.343. The number of benzene rings is 1. The van der Waals surface area contributed by atoms with Gasteiger partial charge in [0.25, 0.3) is 5.91 Å². The highest BCUT2D eigenvalue weighted by atomic mass is 16.5. The molecule has 3 heterocycles. The van der Waals surface area contributed by atoms with Crippen LogP contribution in [0.2, 0.25) is 0 Å². The standard InChI is InChI=1S/C21H20N6O4/c1-13-25-17(12-18(26-13)27-10-4-7-24-27)22-8-9-23-20(28)15-11-14-5-3-6-16(30-2)19(14)31-21(15)29/h3-7,10-12H,8-9H2,1-2H3,(H,23,28)(H,22,25,26). The zero-order valence-corrected chi connectivity index (χ0v) is 17.0. The first kappa shape index (κ1) is 20.1. The van der Waals surface area contributed by atoms with E-state index in [1.54, 1.807) is 54.3 Å². The molecule has 4 rings (SSSR count). The minimum atomic E-state index is -0.724. The lowest BCUT2D eigenvalue weighted by Gasteiger charge is -2.10. The molecule has 0 aliphatic rings. The van der Waals surface area contributed by atoms with E-state index in [1.807, 2.05) is 0 Å². The Labute approximate surface area is 176 Å². The molecule has 0 atom stereocenters. The molecule has 0 saturated carbocycles. The first-order chi connectivity index (χ1) is 15.0. The molecule has 0 aliphatic heterocycles. The van der Waals surface area contributed by atoms with Crippen molar-refractivity contribution in [2.45, 2.75) is 6.92 Å². The summed E-state index contributed by atoms with van der Waals surface area (Å²) in [4.78, 5) is 33.4. The number of anilines is 1. The van der Waals surface area contributed by atoms with Crippen molar-refractivity contribution in [3.05, 3.63) is 70.6 Å². The van der Waals surface area contributed by atoms with Crippen LogP contribution in [0.15, 0.2) is 58.0 Å². The van der Waals surface area contributed by atoms with Crippen LogP contribution in [0.3, 0.4) is 0 Å². The van der Waals surface area contributed by atoms with E-state index in [0.29, 0.717) is 40.7 Å². The fourth-order valence-electron chi connectivity index (χ4n) is 3.06. The second-order valence-corrected chi connectivity index (χ2v) is 6.62. The Morgan fingerprint density at radius 1 is 1.19 bits per heavy atom. The van der Waals surface area contributed by atoms with Gasteiger partial charge in [-0.05, 0) is 25.1 Å². The van der Waals surface area contributed by atoms with Crippen LogP contribution in [0.25, 0.3) is 16.8 Å². The maximum absolute atomic E-state index is 12.5. The second-order valence-electron chi connectivity index (χ2n) is 6.62. The Kier molecular flexibility index (Phi) is 5.61. The fourth-order valence-corrected chi connectivity index (χ4v) is 3.06. The van der Waals surface area contributed by atoms with Crippen molar-refractivity contribution in [2.24, 2.45) is 0 Å². The monoisotopic (exact) mass is 420 g/mol. The molecule has 1 amide bonds. The predicted octanol–water partition coefficient (Wildman–Crippen LogP) is 1.93. The van der Waals surface area contributed by atoms with Crippen molar-refractivity contribution >= 4 is 22.7 Å². The number of carbonyl (C=O) groups excluding carboxylic acids is 1. The molecular weight excluding hydrogens is 400 g/mol. The van der Waals surface area contributed by atoms with Crippen LogP contribution in [0, 0.1) is 6.92 Å². The third kappa shape index (κ3) is 4.37. The lowest BCUT2D eigenvalue weighted by Crippen LogP contribution is -2.32. The fraction of sp³-hybridized carbons (Fsp3) is 0.190. The Balaban J connectivity index is 1.40. The van der Waals surface area contributed by atoms with E-state index < -0.39 is 11.5 Å². The largest absolute Gasteiger partial charge is 0.493 e. The first-order valence-corrected chi connectivity index (χ1v) is 9.54. The summed E-state index contributed by atoms with van der Waals surface area (Å²) < 4.78 is 12.1. The van der Waals surface area contributed by atoms with E-state index in [0.717, 1.165) is 0 Å². The lowest BCUT2D eigenvalue weighted by molar-refractivity contribution is 0.0951. The van der Waals surface area contributed by atoms with Crippen LogP contribution in [-0.2, 0) is 0 Å². The molecule has 10 nitrogen and oxygen atoms in total. The molecule has 2 N–H and O–H groups in total. The van der Waals surface area contributed by atoms with E-state index in [9.17, 15) is 9.59 Å². The number of amides is 1. The van der Waals surface area contributed by atoms with Gasteiger partial charge >= 0.3 is 5.63 Å². The minimum absolute atomic E-state index is 0.0698. The van der Waals surface area contributed by atoms with Crippen LogP contribution in [0.5, 0.6) is 5.75 Å². The van der Waals surface area contributed by atoms with E-state index >= 15 is 0 Å². The third-order valence-corrected chi connectivity index (χ3v) is 4.47. The number of fused-ring (bicyclic) bond motifs is 1. The number of para-hydroxylation sites is 1. The topological polar surface area (TPSA) is 124 Å². The van der Waals surface area contributed by atoms with Crippen LogP contribution >= 0.6 is 0 Å². The summed E-state index contributed by atoms with van der Waals surface area (Å²) in [7, 11) is 1.49. The number of aryl methyl sites for hydroxylation is 1. The molecule has 31 heavy (non-hydrogen) atoms. The molecule has 0 bridgehead atoms. The van der Waals surface area contributed by atoms with Gasteiger partial charge in [0.15, 0.2) is 17.2 Å². The molecule has 158 valence electrons. The number of ether oxygens (including phenoxy) is 1. The van der Waals surface area contributed by atoms with Gasteiger partial charge in [-0.1, -0.05) is 12.1 Å². The summed E-state index contributed by atoms with van der Waals surface area (Å²) in [5.41, 5.74) is -0.488. The van der Waals surface area contributed by atoms with Gasteiger partial charge in [-0.15, -0.1) is 0 Å². The molecule has 3 aromatic heterocycles. The number of methoxy groups -OCH3 is 1. The molecule has 0 saturated heterocycles. The van der Waals surface area contributed by atoms with Gasteiger partial charge in [-0.25, -0.2) is 19.4 Å². The highest BCUT2D eigenvalue weighted by Crippen LogP contribution is 2.24. The molecule has 0 spiro atoms. The van der Waals surface area contributed by atoms with Crippen LogP contribution in [0.4, 0.5) is 5.82 Å². The molecule has 0 unspecified atom stereocenters. The van der Waals surface area contributed by atoms with Crippen molar-refractivity contribution < 1.29 is 13.9 Å². The molecule has 10 heteroatoms. The summed E-state index contributed by atoms with van der Waals surface area (Å²) in [6, 6.07) is 10.2. The Morgan fingerprint density at radius 2 is 2.06 bits per heavy atom. The Hall–Kier alpha value is -4.21. The normalized spacial score (nSPS) is 10.8. The van der Waals surface area contributed by atoms with E-state index in [1.165, 1.54) is 13.2 Å². The van der Waals surface area contributed by atoms with Gasteiger partial charge in [0.05, 0.1) is 7.11 Å². The van der Waals surface area contributed by atoms with Gasteiger partial charge in [-0.3, -0.25) is 4.79 Å². The van der Waals surface area contributed by atoms with Crippen LogP contribution < -0.4 is 21.0 Å². The van der Waals surface area contributed by atoms with E-state index in [-0.39, 0.29) is 12.1 Å². The number of nitrogens with one attached hydrogen (secondary N) is 2. The number of carbonyl (C=O) groups is 1. The molecule has 0 fully saturated rings. The summed E-state index contributed by atoms with van der Waals surface area (Å²) in [6.45, 7) is 2.45. The molecule has 4 aromatic rings. The van der Waals surface area contributed by atoms with E-state index in [4.69, 9.17) is 9.15 Å². The summed E-state index contributed by atoms with van der Waals surface area (Å²) in [5, 5.41) is 10.6. The van der Waals surface area contributed by atoms with Crippen molar-refractivity contribution in [3.8, 4) is 11.6 Å². The van der Waals surface area contributed by atoms with Gasteiger partial charge < -0.3 is 19.8 Å². The van der Waals surface area contributed by atoms with Crippen LogP contribution in [0.1, 0.15) is 16.2 Å². The van der Waals surface area contributed by atoms with Crippen molar-refractivity contribution in [3.63, 3.8) is 0 Å². The van der Waals surface area contributed by atoms with E-state index in [2.05, 4.69) is 25.7 Å². The summed E-state index contributed by atoms with van der Waals surface area (Å²) in [5.74, 6) is 1.73. The van der Waals surface area contributed by atoms with Crippen molar-refractivity contribution in [1.82, 2.24) is 25.1 Å². The average Bonchev–Trinajstić information content (AvgIpc) is 3.30. The highest BCUT2D eigenvalue weighted by Gasteiger charge is 2.15. The number of rotatable bonds is 7. The van der Waals surface area contributed by atoms with Gasteiger partial charge in [0.1, 0.15) is 17.2 Å². The smallest absolute Gasteiger partial charge is 0.349 e. The Bertz CT molecular complexity index is 1280.